The molecule has 5 heteroatoms. The third kappa shape index (κ3) is 2.74. The smallest absolute Gasteiger partial charge is 0.207 e. The lowest BCUT2D eigenvalue weighted by molar-refractivity contribution is -0.137. The average molecular weight is 265 g/mol. The largest absolute Gasteiger partial charge is 0.417 e. The SMILES string of the molecule is N#Cc1ccc(C(F)(F)F)c(-c2cccc(F)c2)c1. The highest BCUT2D eigenvalue weighted by atomic mass is 19.4. The van der Waals surface area contributed by atoms with Crippen LogP contribution >= 0.6 is 0 Å². The second kappa shape index (κ2) is 4.73. The first-order chi connectivity index (χ1) is 8.91. The second-order valence-electron chi connectivity index (χ2n) is 3.88. The van der Waals surface area contributed by atoms with E-state index in [0.717, 1.165) is 30.3 Å². The highest BCUT2D eigenvalue weighted by molar-refractivity contribution is 5.69. The van der Waals surface area contributed by atoms with Crippen LogP contribution in [0.1, 0.15) is 11.1 Å². The summed E-state index contributed by atoms with van der Waals surface area (Å²) in [6.45, 7) is 0. The number of nitriles is 1. The standard InChI is InChI=1S/C14H7F4N/c15-11-3-1-2-10(7-11)12-6-9(8-19)4-5-13(12)14(16,17)18/h1-7H. The van der Waals surface area contributed by atoms with Crippen molar-refractivity contribution in [3.63, 3.8) is 0 Å². The first-order valence-electron chi connectivity index (χ1n) is 5.29. The highest BCUT2D eigenvalue weighted by Gasteiger charge is 2.33. The van der Waals surface area contributed by atoms with Gasteiger partial charge >= 0.3 is 6.18 Å². The van der Waals surface area contributed by atoms with Crippen LogP contribution in [-0.2, 0) is 6.18 Å². The number of alkyl halides is 3. The Balaban J connectivity index is 2.69. The van der Waals surface area contributed by atoms with Gasteiger partial charge in [-0.2, -0.15) is 18.4 Å². The van der Waals surface area contributed by atoms with E-state index < -0.39 is 17.6 Å². The molecular weight excluding hydrogens is 258 g/mol. The topological polar surface area (TPSA) is 23.8 Å². The lowest BCUT2D eigenvalue weighted by atomic mass is 9.97. The van der Waals surface area contributed by atoms with E-state index in [9.17, 15) is 17.6 Å². The Labute approximate surface area is 106 Å². The molecule has 0 saturated carbocycles. The van der Waals surface area contributed by atoms with Crippen LogP contribution in [0.2, 0.25) is 0 Å². The maximum atomic E-state index is 13.1. The molecule has 0 aromatic heterocycles. The Morgan fingerprint density at radius 3 is 2.32 bits per heavy atom. The summed E-state index contributed by atoms with van der Waals surface area (Å²) in [6.07, 6.45) is -4.56. The molecule has 0 saturated heterocycles. The number of hydrogen-bond donors (Lipinski definition) is 0. The Bertz CT molecular complexity index is 653. The zero-order valence-electron chi connectivity index (χ0n) is 9.50. The predicted molar refractivity (Wildman–Crippen MR) is 61.6 cm³/mol. The Morgan fingerprint density at radius 1 is 1.00 bits per heavy atom. The summed E-state index contributed by atoms with van der Waals surface area (Å²) in [5, 5.41) is 8.75. The first kappa shape index (κ1) is 13.1. The van der Waals surface area contributed by atoms with Crippen LogP contribution in [0.4, 0.5) is 17.6 Å². The van der Waals surface area contributed by atoms with Gasteiger partial charge in [0.15, 0.2) is 0 Å². The molecule has 0 unspecified atom stereocenters. The molecule has 0 aliphatic carbocycles. The van der Waals surface area contributed by atoms with Gasteiger partial charge in [0.1, 0.15) is 5.82 Å². The van der Waals surface area contributed by atoms with Gasteiger partial charge in [-0.25, -0.2) is 4.39 Å². The van der Waals surface area contributed by atoms with Crippen molar-refractivity contribution in [1.29, 1.82) is 5.26 Å². The van der Waals surface area contributed by atoms with E-state index in [1.807, 2.05) is 0 Å². The molecule has 2 aromatic carbocycles. The molecule has 0 spiro atoms. The zero-order valence-corrected chi connectivity index (χ0v) is 9.50. The second-order valence-corrected chi connectivity index (χ2v) is 3.88. The molecule has 0 amide bonds. The monoisotopic (exact) mass is 265 g/mol. The minimum Gasteiger partial charge on any atom is -0.207 e. The Kier molecular flexibility index (Phi) is 3.26. The molecule has 2 rings (SSSR count). The molecule has 0 bridgehead atoms. The first-order valence-corrected chi connectivity index (χ1v) is 5.29. The lowest BCUT2D eigenvalue weighted by Gasteiger charge is -2.13. The quantitative estimate of drug-likeness (QED) is 0.702. The molecule has 1 nitrogen and oxygen atoms in total. The summed E-state index contributed by atoms with van der Waals surface area (Å²) in [6, 6.07) is 9.64. The van der Waals surface area contributed by atoms with Crippen molar-refractivity contribution in [1.82, 2.24) is 0 Å². The summed E-state index contributed by atoms with van der Waals surface area (Å²) in [5.74, 6) is -0.631. The fourth-order valence-corrected chi connectivity index (χ4v) is 1.76. The Hall–Kier alpha value is -2.35. The molecule has 0 radical (unpaired) electrons. The molecule has 0 N–H and O–H groups in total. The van der Waals surface area contributed by atoms with Crippen LogP contribution < -0.4 is 0 Å². The van der Waals surface area contributed by atoms with Gasteiger partial charge in [-0.05, 0) is 41.5 Å². The van der Waals surface area contributed by atoms with E-state index in [1.165, 1.54) is 12.1 Å². The molecule has 0 aliphatic heterocycles. The van der Waals surface area contributed by atoms with Crippen molar-refractivity contribution < 1.29 is 17.6 Å². The van der Waals surface area contributed by atoms with Crippen LogP contribution in [0, 0.1) is 17.1 Å². The van der Waals surface area contributed by atoms with E-state index in [4.69, 9.17) is 5.26 Å². The maximum absolute atomic E-state index is 13.1. The van der Waals surface area contributed by atoms with Crippen molar-refractivity contribution in [2.75, 3.05) is 0 Å². The van der Waals surface area contributed by atoms with Gasteiger partial charge < -0.3 is 0 Å². The number of benzene rings is 2. The number of nitrogens with zero attached hydrogens (tertiary/aromatic N) is 1. The van der Waals surface area contributed by atoms with E-state index in [2.05, 4.69) is 0 Å². The third-order valence-electron chi connectivity index (χ3n) is 2.59. The third-order valence-corrected chi connectivity index (χ3v) is 2.59. The average Bonchev–Trinajstić information content (AvgIpc) is 2.37. The normalized spacial score (nSPS) is 11.1. The van der Waals surface area contributed by atoms with Crippen molar-refractivity contribution in [2.45, 2.75) is 6.18 Å². The van der Waals surface area contributed by atoms with Gasteiger partial charge in [-0.3, -0.25) is 0 Å². The van der Waals surface area contributed by atoms with Gasteiger partial charge in [-0.1, -0.05) is 12.1 Å². The molecule has 0 atom stereocenters. The van der Waals surface area contributed by atoms with E-state index >= 15 is 0 Å². The molecule has 96 valence electrons. The number of halogens is 4. The van der Waals surface area contributed by atoms with Gasteiger partial charge in [0.2, 0.25) is 0 Å². The van der Waals surface area contributed by atoms with Gasteiger partial charge in [0, 0.05) is 0 Å². The lowest BCUT2D eigenvalue weighted by Crippen LogP contribution is -2.07. The predicted octanol–water partition coefficient (Wildman–Crippen LogP) is 4.38. The zero-order chi connectivity index (χ0) is 14.0. The van der Waals surface area contributed by atoms with Crippen molar-refractivity contribution in [3.05, 3.63) is 59.4 Å². The minimum atomic E-state index is -4.56. The summed E-state index contributed by atoms with van der Waals surface area (Å²) in [5.41, 5.74) is -0.917. The summed E-state index contributed by atoms with van der Waals surface area (Å²) in [4.78, 5) is 0. The Morgan fingerprint density at radius 2 is 1.74 bits per heavy atom. The molecule has 0 fully saturated rings. The maximum Gasteiger partial charge on any atom is 0.417 e. The van der Waals surface area contributed by atoms with E-state index in [0.29, 0.717) is 0 Å². The van der Waals surface area contributed by atoms with Gasteiger partial charge in [0.25, 0.3) is 0 Å². The van der Waals surface area contributed by atoms with Gasteiger partial charge in [0.05, 0.1) is 17.2 Å². The fraction of sp³-hybridized carbons (Fsp3) is 0.0714. The van der Waals surface area contributed by atoms with Crippen molar-refractivity contribution >= 4 is 0 Å². The summed E-state index contributed by atoms with van der Waals surface area (Å²) in [7, 11) is 0. The highest BCUT2D eigenvalue weighted by Crippen LogP contribution is 2.37. The molecule has 2 aromatic rings. The molecular formula is C14H7F4N. The number of hydrogen-bond acceptors (Lipinski definition) is 1. The van der Waals surface area contributed by atoms with Crippen LogP contribution in [0.15, 0.2) is 42.5 Å². The molecule has 19 heavy (non-hydrogen) atoms. The van der Waals surface area contributed by atoms with Crippen LogP contribution in [0.25, 0.3) is 11.1 Å². The van der Waals surface area contributed by atoms with Crippen molar-refractivity contribution in [2.24, 2.45) is 0 Å². The van der Waals surface area contributed by atoms with Crippen LogP contribution in [-0.4, -0.2) is 0 Å². The van der Waals surface area contributed by atoms with Crippen LogP contribution in [0.3, 0.4) is 0 Å². The van der Waals surface area contributed by atoms with E-state index in [1.54, 1.807) is 6.07 Å². The summed E-state index contributed by atoms with van der Waals surface area (Å²) >= 11 is 0. The molecule has 0 heterocycles. The van der Waals surface area contributed by atoms with E-state index in [-0.39, 0.29) is 16.7 Å². The minimum absolute atomic E-state index is 0.0874. The molecule has 0 aliphatic rings. The van der Waals surface area contributed by atoms with Crippen LogP contribution in [0.5, 0.6) is 0 Å². The van der Waals surface area contributed by atoms with Gasteiger partial charge in [-0.15, -0.1) is 0 Å². The number of rotatable bonds is 1. The fourth-order valence-electron chi connectivity index (χ4n) is 1.76. The van der Waals surface area contributed by atoms with Crippen molar-refractivity contribution in [3.8, 4) is 17.2 Å². The summed E-state index contributed by atoms with van der Waals surface area (Å²) < 4.78 is 51.8.